The topological polar surface area (TPSA) is 87.7 Å². The number of benzene rings is 1. The second kappa shape index (κ2) is 7.67. The van der Waals surface area contributed by atoms with Gasteiger partial charge < -0.3 is 4.90 Å². The highest BCUT2D eigenvalue weighted by molar-refractivity contribution is 6.01. The zero-order chi connectivity index (χ0) is 22.2. The average molecular weight is 428 g/mol. The molecule has 0 unspecified atom stereocenters. The van der Waals surface area contributed by atoms with Gasteiger partial charge in [-0.1, -0.05) is 6.07 Å². The van der Waals surface area contributed by atoms with Gasteiger partial charge in [0.25, 0.3) is 5.91 Å². The van der Waals surface area contributed by atoms with E-state index in [4.69, 9.17) is 0 Å². The number of hydrogen-bond donors (Lipinski definition) is 0. The summed E-state index contributed by atoms with van der Waals surface area (Å²) in [7, 11) is 0. The first kappa shape index (κ1) is 19.5. The molecule has 1 amide bonds. The molecule has 3 aromatic heterocycles. The molecule has 0 saturated heterocycles. The molecule has 1 aliphatic rings. The van der Waals surface area contributed by atoms with E-state index in [2.05, 4.69) is 15.1 Å². The third-order valence-corrected chi connectivity index (χ3v) is 5.22. The zero-order valence-corrected chi connectivity index (χ0v) is 16.5. The first-order valence-electron chi connectivity index (χ1n) is 9.64. The monoisotopic (exact) mass is 428 g/mol. The minimum Gasteiger partial charge on any atom is -0.328 e. The van der Waals surface area contributed by atoms with Gasteiger partial charge >= 0.3 is 0 Å². The largest absolute Gasteiger partial charge is 0.328 e. The van der Waals surface area contributed by atoms with E-state index in [9.17, 15) is 18.8 Å². The lowest BCUT2D eigenvalue weighted by atomic mass is 9.98. The van der Waals surface area contributed by atoms with Crippen molar-refractivity contribution in [3.63, 3.8) is 0 Å². The van der Waals surface area contributed by atoms with Crippen molar-refractivity contribution in [2.75, 3.05) is 0 Å². The minimum absolute atomic E-state index is 0.252. The Kier molecular flexibility index (Phi) is 4.67. The predicted octanol–water partition coefficient (Wildman–Crippen LogP) is 3.64. The maximum Gasteiger partial charge on any atom is 0.255 e. The SMILES string of the molecule is N#Cc1ccc(-c2cncc(F)c2)c(C(=O)N2Cc3cn(-c4cncc(F)c4)nc3C2)c1. The van der Waals surface area contributed by atoms with Gasteiger partial charge in [-0.2, -0.15) is 10.4 Å². The van der Waals surface area contributed by atoms with E-state index < -0.39 is 11.6 Å². The van der Waals surface area contributed by atoms with Crippen LogP contribution in [0.4, 0.5) is 8.78 Å². The number of pyridine rings is 2. The molecule has 5 rings (SSSR count). The molecule has 32 heavy (non-hydrogen) atoms. The van der Waals surface area contributed by atoms with Crippen LogP contribution in [-0.4, -0.2) is 30.6 Å². The highest BCUT2D eigenvalue weighted by Gasteiger charge is 2.29. The third-order valence-electron chi connectivity index (χ3n) is 5.22. The maximum absolute atomic E-state index is 13.7. The lowest BCUT2D eigenvalue weighted by Gasteiger charge is -2.18. The molecule has 0 saturated carbocycles. The van der Waals surface area contributed by atoms with Crippen LogP contribution >= 0.6 is 0 Å². The van der Waals surface area contributed by atoms with E-state index >= 15 is 0 Å². The molecular formula is C23H14F2N6O. The fraction of sp³-hybridized carbons (Fsp3) is 0.0870. The van der Waals surface area contributed by atoms with E-state index in [1.165, 1.54) is 35.3 Å². The van der Waals surface area contributed by atoms with Crippen molar-refractivity contribution >= 4 is 5.91 Å². The molecule has 9 heteroatoms. The van der Waals surface area contributed by atoms with Gasteiger partial charge in [0.05, 0.1) is 48.1 Å². The predicted molar refractivity (Wildman–Crippen MR) is 109 cm³/mol. The maximum atomic E-state index is 13.7. The molecule has 0 N–H and O–H groups in total. The molecule has 1 aliphatic heterocycles. The molecule has 7 nitrogen and oxygen atoms in total. The molecule has 156 valence electrons. The van der Waals surface area contributed by atoms with E-state index in [1.807, 2.05) is 6.07 Å². The van der Waals surface area contributed by atoms with Crippen LogP contribution in [0.3, 0.4) is 0 Å². The van der Waals surface area contributed by atoms with Gasteiger partial charge in [0, 0.05) is 41.7 Å². The van der Waals surface area contributed by atoms with Crippen molar-refractivity contribution < 1.29 is 13.6 Å². The van der Waals surface area contributed by atoms with Crippen LogP contribution in [0.1, 0.15) is 27.2 Å². The summed E-state index contributed by atoms with van der Waals surface area (Å²) >= 11 is 0. The number of hydrogen-bond acceptors (Lipinski definition) is 5. The number of amides is 1. The molecule has 0 fully saturated rings. The van der Waals surface area contributed by atoms with Crippen LogP contribution < -0.4 is 0 Å². The Balaban J connectivity index is 1.45. The highest BCUT2D eigenvalue weighted by Crippen LogP contribution is 2.30. The van der Waals surface area contributed by atoms with Crippen LogP contribution in [0.2, 0.25) is 0 Å². The van der Waals surface area contributed by atoms with Gasteiger partial charge in [0.1, 0.15) is 11.6 Å². The van der Waals surface area contributed by atoms with Crippen molar-refractivity contribution in [2.24, 2.45) is 0 Å². The molecule has 1 aromatic carbocycles. The molecule has 4 heterocycles. The fourth-order valence-corrected chi connectivity index (χ4v) is 3.73. The van der Waals surface area contributed by atoms with Crippen molar-refractivity contribution in [1.29, 1.82) is 5.26 Å². The van der Waals surface area contributed by atoms with Crippen molar-refractivity contribution in [2.45, 2.75) is 13.1 Å². The van der Waals surface area contributed by atoms with Crippen LogP contribution in [-0.2, 0) is 13.1 Å². The van der Waals surface area contributed by atoms with E-state index in [-0.39, 0.29) is 18.0 Å². The molecule has 4 aromatic rings. The molecule has 0 atom stereocenters. The van der Waals surface area contributed by atoms with Crippen LogP contribution in [0.5, 0.6) is 0 Å². The summed E-state index contributed by atoms with van der Waals surface area (Å²) < 4.78 is 28.7. The minimum atomic E-state index is -0.521. The lowest BCUT2D eigenvalue weighted by Crippen LogP contribution is -2.26. The van der Waals surface area contributed by atoms with Gasteiger partial charge in [0.2, 0.25) is 0 Å². The molecule has 0 aliphatic carbocycles. The third kappa shape index (κ3) is 3.48. The van der Waals surface area contributed by atoms with Gasteiger partial charge in [-0.3, -0.25) is 14.8 Å². The second-order valence-electron chi connectivity index (χ2n) is 7.33. The Bertz CT molecular complexity index is 1380. The van der Waals surface area contributed by atoms with Crippen LogP contribution in [0.15, 0.2) is 61.3 Å². The number of aromatic nitrogens is 4. The Morgan fingerprint density at radius 2 is 1.78 bits per heavy atom. The summed E-state index contributed by atoms with van der Waals surface area (Å²) in [6.07, 6.45) is 6.91. The van der Waals surface area contributed by atoms with Gasteiger partial charge in [-0.15, -0.1) is 0 Å². The number of fused-ring (bicyclic) bond motifs is 1. The molecular weight excluding hydrogens is 414 g/mol. The zero-order valence-electron chi connectivity index (χ0n) is 16.5. The number of carbonyl (C=O) groups excluding carboxylic acids is 1. The van der Waals surface area contributed by atoms with Crippen molar-refractivity contribution in [1.82, 2.24) is 24.6 Å². The van der Waals surface area contributed by atoms with Gasteiger partial charge in [-0.05, 0) is 23.8 Å². The van der Waals surface area contributed by atoms with Crippen molar-refractivity contribution in [3.05, 3.63) is 95.3 Å². The fourth-order valence-electron chi connectivity index (χ4n) is 3.73. The summed E-state index contributed by atoms with van der Waals surface area (Å²) in [6, 6.07) is 9.34. The summed E-state index contributed by atoms with van der Waals surface area (Å²) in [5, 5.41) is 13.7. The normalized spacial score (nSPS) is 12.5. The molecule has 0 spiro atoms. The Morgan fingerprint density at radius 3 is 2.50 bits per heavy atom. The molecule has 0 bridgehead atoms. The molecule has 0 radical (unpaired) electrons. The summed E-state index contributed by atoms with van der Waals surface area (Å²) in [4.78, 5) is 22.7. The average Bonchev–Trinajstić information content (AvgIpc) is 3.38. The summed E-state index contributed by atoms with van der Waals surface area (Å²) in [6.45, 7) is 0.552. The highest BCUT2D eigenvalue weighted by atomic mass is 19.1. The van der Waals surface area contributed by atoms with Crippen molar-refractivity contribution in [3.8, 4) is 22.9 Å². The number of halogens is 2. The number of rotatable bonds is 3. The Labute approximate surface area is 181 Å². The quantitative estimate of drug-likeness (QED) is 0.497. The Hall–Kier alpha value is -4.45. The summed E-state index contributed by atoms with van der Waals surface area (Å²) in [5.74, 6) is -1.29. The van der Waals surface area contributed by atoms with E-state index in [0.717, 1.165) is 18.0 Å². The van der Waals surface area contributed by atoms with E-state index in [0.29, 0.717) is 34.6 Å². The second-order valence-corrected chi connectivity index (χ2v) is 7.33. The number of nitrogens with zero attached hydrogens (tertiary/aromatic N) is 6. The summed E-state index contributed by atoms with van der Waals surface area (Å²) in [5.41, 5.74) is 3.53. The van der Waals surface area contributed by atoms with Gasteiger partial charge in [0.15, 0.2) is 0 Å². The van der Waals surface area contributed by atoms with Gasteiger partial charge in [-0.25, -0.2) is 13.5 Å². The first-order chi connectivity index (χ1) is 15.5. The standard InChI is InChI=1S/C23H14F2N6O/c24-17-4-15(7-27-8-17)20-2-1-14(6-26)3-21(20)23(32)30-11-16-12-31(29-22(16)13-30)19-5-18(25)9-28-10-19/h1-5,7-10,12H,11,13H2. The number of nitriles is 1. The smallest absolute Gasteiger partial charge is 0.255 e. The number of carbonyl (C=O) groups is 1. The lowest BCUT2D eigenvalue weighted by molar-refractivity contribution is 0.0750. The van der Waals surface area contributed by atoms with E-state index in [1.54, 1.807) is 23.2 Å². The van der Waals surface area contributed by atoms with Crippen LogP contribution in [0.25, 0.3) is 16.8 Å². The first-order valence-corrected chi connectivity index (χ1v) is 9.64. The van der Waals surface area contributed by atoms with Crippen LogP contribution in [0, 0.1) is 23.0 Å². The Morgan fingerprint density at radius 1 is 1.00 bits per heavy atom.